The monoisotopic (exact) mass is 259 g/mol. The summed E-state index contributed by atoms with van der Waals surface area (Å²) in [4.78, 5) is 5.56. The molecule has 2 rings (SSSR count). The van der Waals surface area contributed by atoms with Crippen molar-refractivity contribution >= 4 is 11.8 Å². The molecule has 0 N–H and O–H groups in total. The van der Waals surface area contributed by atoms with Crippen LogP contribution in [0.3, 0.4) is 0 Å². The van der Waals surface area contributed by atoms with Crippen LogP contribution < -0.4 is 0 Å². The average Bonchev–Trinajstić information content (AvgIpc) is 2.45. The SMILES string of the molecule is c1ccc(SCCOCCc2ccccn2)cc1. The molecule has 2 aromatic rings. The van der Waals surface area contributed by atoms with Crippen LogP contribution in [0.5, 0.6) is 0 Å². The standard InChI is InChI=1S/C15H17NOS/c1-2-7-15(8-3-1)18-13-12-17-11-9-14-6-4-5-10-16-14/h1-8,10H,9,11-13H2. The van der Waals surface area contributed by atoms with Gasteiger partial charge >= 0.3 is 0 Å². The average molecular weight is 259 g/mol. The summed E-state index contributed by atoms with van der Waals surface area (Å²) in [5.41, 5.74) is 1.09. The summed E-state index contributed by atoms with van der Waals surface area (Å²) in [5.74, 6) is 0.992. The minimum Gasteiger partial charge on any atom is -0.380 e. The van der Waals surface area contributed by atoms with E-state index in [0.717, 1.165) is 31.1 Å². The number of aromatic nitrogens is 1. The van der Waals surface area contributed by atoms with E-state index in [2.05, 4.69) is 29.2 Å². The van der Waals surface area contributed by atoms with Gasteiger partial charge in [-0.05, 0) is 24.3 Å². The van der Waals surface area contributed by atoms with E-state index in [4.69, 9.17) is 4.74 Å². The Hall–Kier alpha value is -1.32. The largest absolute Gasteiger partial charge is 0.380 e. The predicted octanol–water partition coefficient (Wildman–Crippen LogP) is 3.43. The predicted molar refractivity (Wildman–Crippen MR) is 75.9 cm³/mol. The van der Waals surface area contributed by atoms with E-state index in [0.29, 0.717) is 0 Å². The number of ether oxygens (including phenoxy) is 1. The van der Waals surface area contributed by atoms with Gasteiger partial charge < -0.3 is 4.74 Å². The van der Waals surface area contributed by atoms with Crippen LogP contribution in [0.1, 0.15) is 5.69 Å². The second-order valence-electron chi connectivity index (χ2n) is 3.84. The van der Waals surface area contributed by atoms with Crippen LogP contribution in [0, 0.1) is 0 Å². The molecule has 3 heteroatoms. The topological polar surface area (TPSA) is 22.1 Å². The van der Waals surface area contributed by atoms with Crippen LogP contribution in [0.25, 0.3) is 0 Å². The molecule has 0 aliphatic rings. The Morgan fingerprint density at radius 3 is 2.56 bits per heavy atom. The maximum atomic E-state index is 5.60. The van der Waals surface area contributed by atoms with Gasteiger partial charge in [-0.3, -0.25) is 4.98 Å². The van der Waals surface area contributed by atoms with Crippen LogP contribution in [0.2, 0.25) is 0 Å². The maximum absolute atomic E-state index is 5.60. The van der Waals surface area contributed by atoms with Gasteiger partial charge in [-0.2, -0.15) is 0 Å². The molecule has 0 spiro atoms. The van der Waals surface area contributed by atoms with E-state index in [1.54, 1.807) is 0 Å². The summed E-state index contributed by atoms with van der Waals surface area (Å²) in [6.07, 6.45) is 2.71. The van der Waals surface area contributed by atoms with Gasteiger partial charge in [0.05, 0.1) is 13.2 Å². The molecule has 0 bridgehead atoms. The van der Waals surface area contributed by atoms with E-state index in [-0.39, 0.29) is 0 Å². The highest BCUT2D eigenvalue weighted by Crippen LogP contribution is 2.16. The van der Waals surface area contributed by atoms with E-state index in [1.807, 2.05) is 42.2 Å². The number of rotatable bonds is 7. The second-order valence-corrected chi connectivity index (χ2v) is 5.01. The molecule has 1 aromatic carbocycles. The zero-order chi connectivity index (χ0) is 12.5. The summed E-state index contributed by atoms with van der Waals surface area (Å²) < 4.78 is 5.60. The summed E-state index contributed by atoms with van der Waals surface area (Å²) in [7, 11) is 0. The lowest BCUT2D eigenvalue weighted by molar-refractivity contribution is 0.152. The molecular weight excluding hydrogens is 242 g/mol. The van der Waals surface area contributed by atoms with Crippen molar-refractivity contribution in [1.82, 2.24) is 4.98 Å². The maximum Gasteiger partial charge on any atom is 0.0560 e. The van der Waals surface area contributed by atoms with Crippen LogP contribution in [-0.4, -0.2) is 24.0 Å². The number of hydrogen-bond donors (Lipinski definition) is 0. The first kappa shape index (κ1) is 13.1. The normalized spacial score (nSPS) is 10.4. The number of thioether (sulfide) groups is 1. The van der Waals surface area contributed by atoms with Crippen LogP contribution in [0.4, 0.5) is 0 Å². The van der Waals surface area contributed by atoms with Crippen molar-refractivity contribution in [1.29, 1.82) is 0 Å². The van der Waals surface area contributed by atoms with E-state index >= 15 is 0 Å². The molecule has 0 saturated carbocycles. The fourth-order valence-electron chi connectivity index (χ4n) is 1.56. The van der Waals surface area contributed by atoms with Crippen molar-refractivity contribution in [3.8, 4) is 0 Å². The van der Waals surface area contributed by atoms with Crippen molar-refractivity contribution in [3.05, 3.63) is 60.4 Å². The molecule has 94 valence electrons. The number of pyridine rings is 1. The van der Waals surface area contributed by atoms with Gasteiger partial charge in [0, 0.05) is 29.0 Å². The lowest BCUT2D eigenvalue weighted by atomic mass is 10.3. The lowest BCUT2D eigenvalue weighted by Gasteiger charge is -2.04. The second kappa shape index (κ2) is 7.90. The van der Waals surface area contributed by atoms with Gasteiger partial charge in [0.1, 0.15) is 0 Å². The molecule has 1 heterocycles. The zero-order valence-electron chi connectivity index (χ0n) is 10.3. The first-order valence-corrected chi connectivity index (χ1v) is 7.09. The molecule has 0 unspecified atom stereocenters. The molecule has 0 atom stereocenters. The highest BCUT2D eigenvalue weighted by molar-refractivity contribution is 7.99. The Morgan fingerprint density at radius 2 is 1.78 bits per heavy atom. The van der Waals surface area contributed by atoms with Gasteiger partial charge in [-0.15, -0.1) is 11.8 Å². The Labute approximate surface area is 112 Å². The van der Waals surface area contributed by atoms with Gasteiger partial charge in [-0.25, -0.2) is 0 Å². The lowest BCUT2D eigenvalue weighted by Crippen LogP contribution is -2.03. The fraction of sp³-hybridized carbons (Fsp3) is 0.267. The van der Waals surface area contributed by atoms with Gasteiger partial charge in [0.25, 0.3) is 0 Å². The van der Waals surface area contributed by atoms with E-state index in [9.17, 15) is 0 Å². The minimum atomic E-state index is 0.742. The highest BCUT2D eigenvalue weighted by atomic mass is 32.2. The fourth-order valence-corrected chi connectivity index (χ4v) is 2.35. The van der Waals surface area contributed by atoms with Crippen molar-refractivity contribution in [2.24, 2.45) is 0 Å². The molecule has 18 heavy (non-hydrogen) atoms. The first-order chi connectivity index (χ1) is 8.95. The van der Waals surface area contributed by atoms with Crippen LogP contribution in [-0.2, 0) is 11.2 Å². The molecule has 0 fully saturated rings. The summed E-state index contributed by atoms with van der Waals surface area (Å²) >= 11 is 1.83. The van der Waals surface area contributed by atoms with Crippen LogP contribution >= 0.6 is 11.8 Å². The molecule has 0 amide bonds. The van der Waals surface area contributed by atoms with E-state index < -0.39 is 0 Å². The molecular formula is C15H17NOS. The van der Waals surface area contributed by atoms with Crippen LogP contribution in [0.15, 0.2) is 59.6 Å². The summed E-state index contributed by atoms with van der Waals surface area (Å²) in [6, 6.07) is 16.4. The molecule has 0 radical (unpaired) electrons. The number of benzene rings is 1. The van der Waals surface area contributed by atoms with Crippen molar-refractivity contribution in [3.63, 3.8) is 0 Å². The Kier molecular flexibility index (Phi) is 5.76. The Balaban J connectivity index is 1.54. The third-order valence-corrected chi connectivity index (χ3v) is 3.44. The van der Waals surface area contributed by atoms with Crippen molar-refractivity contribution < 1.29 is 4.74 Å². The zero-order valence-corrected chi connectivity index (χ0v) is 11.1. The summed E-state index contributed by atoms with van der Waals surface area (Å²) in [6.45, 7) is 1.53. The third kappa shape index (κ3) is 4.90. The van der Waals surface area contributed by atoms with E-state index in [1.165, 1.54) is 4.90 Å². The molecule has 0 saturated heterocycles. The Bertz CT molecular complexity index is 389. The van der Waals surface area contributed by atoms with Gasteiger partial charge in [-0.1, -0.05) is 24.3 Å². The molecule has 0 aliphatic heterocycles. The molecule has 1 aromatic heterocycles. The third-order valence-electron chi connectivity index (χ3n) is 2.47. The smallest absolute Gasteiger partial charge is 0.0560 e. The van der Waals surface area contributed by atoms with Crippen molar-refractivity contribution in [2.45, 2.75) is 11.3 Å². The summed E-state index contributed by atoms with van der Waals surface area (Å²) in [5, 5.41) is 0. The molecule has 0 aliphatic carbocycles. The first-order valence-electron chi connectivity index (χ1n) is 6.10. The quantitative estimate of drug-likeness (QED) is 0.562. The highest BCUT2D eigenvalue weighted by Gasteiger charge is 1.95. The molecule has 2 nitrogen and oxygen atoms in total. The van der Waals surface area contributed by atoms with Gasteiger partial charge in [0.2, 0.25) is 0 Å². The number of hydrogen-bond acceptors (Lipinski definition) is 3. The number of nitrogens with zero attached hydrogens (tertiary/aromatic N) is 1. The van der Waals surface area contributed by atoms with Gasteiger partial charge in [0.15, 0.2) is 0 Å². The van der Waals surface area contributed by atoms with Crippen molar-refractivity contribution in [2.75, 3.05) is 19.0 Å². The minimum absolute atomic E-state index is 0.742. The Morgan fingerprint density at radius 1 is 0.944 bits per heavy atom.